The maximum absolute atomic E-state index is 14.5. The quantitative estimate of drug-likeness (QED) is 0.541. The molecule has 0 aliphatic carbocycles. The van der Waals surface area contributed by atoms with Gasteiger partial charge in [0, 0.05) is 31.5 Å². The molecule has 1 N–H and O–H groups in total. The number of nitrogens with one attached hydrogen (secondary N) is 1. The van der Waals surface area contributed by atoms with Crippen LogP contribution in [0.5, 0.6) is 0 Å². The zero-order valence-corrected chi connectivity index (χ0v) is 19.5. The van der Waals surface area contributed by atoms with E-state index in [0.29, 0.717) is 22.5 Å². The average molecular weight is 476 g/mol. The zero-order valence-electron chi connectivity index (χ0n) is 19.5. The lowest BCUT2D eigenvalue weighted by molar-refractivity contribution is -0.116. The Bertz CT molecular complexity index is 1330. The number of halogens is 1. The molecule has 3 aromatic rings. The van der Waals surface area contributed by atoms with Gasteiger partial charge in [0.15, 0.2) is 5.82 Å². The maximum atomic E-state index is 14.5. The number of hydrogen-bond acceptors (Lipinski definition) is 5. The van der Waals surface area contributed by atoms with Crippen molar-refractivity contribution in [1.29, 1.82) is 0 Å². The number of imide groups is 1. The van der Waals surface area contributed by atoms with Crippen LogP contribution in [0.25, 0.3) is 11.4 Å². The molecule has 3 amide bonds. The summed E-state index contributed by atoms with van der Waals surface area (Å²) in [7, 11) is 0. The standard InChI is InChI=1S/C26H26FN5O3/c1-16-8-10-18-19(14-16)26(35)32(25(18)34)13-5-7-23(33)28-21-15-17(9-11-20(21)27)24-30-29-22-6-3-2-4-12-31(22)24/h8-11,14-15H,2-7,12-13H2,1H3,(H,28,33). The summed E-state index contributed by atoms with van der Waals surface area (Å²) in [4.78, 5) is 38.8. The number of rotatable bonds is 6. The second-order valence-electron chi connectivity index (χ2n) is 9.06. The van der Waals surface area contributed by atoms with Gasteiger partial charge in [-0.3, -0.25) is 19.3 Å². The lowest BCUT2D eigenvalue weighted by atomic mass is 10.1. The van der Waals surface area contributed by atoms with Crippen LogP contribution in [-0.2, 0) is 17.8 Å². The van der Waals surface area contributed by atoms with Gasteiger partial charge in [-0.1, -0.05) is 18.1 Å². The first-order valence-corrected chi connectivity index (χ1v) is 11.9. The van der Waals surface area contributed by atoms with Crippen molar-refractivity contribution in [3.8, 4) is 11.4 Å². The van der Waals surface area contributed by atoms with Crippen molar-refractivity contribution in [2.24, 2.45) is 0 Å². The van der Waals surface area contributed by atoms with Crippen LogP contribution in [0.2, 0.25) is 0 Å². The van der Waals surface area contributed by atoms with E-state index in [1.807, 2.05) is 6.92 Å². The monoisotopic (exact) mass is 475 g/mol. The Labute approximate surface area is 202 Å². The molecular formula is C26H26FN5O3. The SMILES string of the molecule is Cc1ccc2c(c1)C(=O)N(CCCC(=O)Nc1cc(-c3nnc4n3CCCCC4)ccc1F)C2=O. The van der Waals surface area contributed by atoms with Gasteiger partial charge in [0.1, 0.15) is 11.6 Å². The highest BCUT2D eigenvalue weighted by molar-refractivity contribution is 6.21. The Balaban J connectivity index is 1.22. The number of fused-ring (bicyclic) bond motifs is 2. The Morgan fingerprint density at radius 2 is 1.86 bits per heavy atom. The average Bonchev–Trinajstić information content (AvgIpc) is 3.23. The molecule has 0 unspecified atom stereocenters. The first kappa shape index (κ1) is 22.9. The third-order valence-electron chi connectivity index (χ3n) is 6.52. The summed E-state index contributed by atoms with van der Waals surface area (Å²) in [5, 5.41) is 11.2. The molecule has 0 radical (unpaired) electrons. The van der Waals surface area contributed by atoms with E-state index in [-0.39, 0.29) is 36.9 Å². The molecule has 1 aromatic heterocycles. The molecule has 0 saturated carbocycles. The second kappa shape index (κ2) is 9.40. The molecule has 180 valence electrons. The van der Waals surface area contributed by atoms with Crippen LogP contribution in [-0.4, -0.2) is 43.9 Å². The molecule has 35 heavy (non-hydrogen) atoms. The Morgan fingerprint density at radius 1 is 1.03 bits per heavy atom. The summed E-state index contributed by atoms with van der Waals surface area (Å²) >= 11 is 0. The predicted molar refractivity (Wildman–Crippen MR) is 127 cm³/mol. The minimum atomic E-state index is -0.548. The molecule has 8 nitrogen and oxygen atoms in total. The van der Waals surface area contributed by atoms with Gasteiger partial charge in [-0.05, 0) is 56.5 Å². The third-order valence-corrected chi connectivity index (χ3v) is 6.52. The number of benzene rings is 2. The summed E-state index contributed by atoms with van der Waals surface area (Å²) in [5.74, 6) is -0.0483. The maximum Gasteiger partial charge on any atom is 0.261 e. The van der Waals surface area contributed by atoms with Crippen molar-refractivity contribution in [2.45, 2.75) is 52.0 Å². The Hall–Kier alpha value is -3.88. The van der Waals surface area contributed by atoms with E-state index in [1.54, 1.807) is 30.3 Å². The van der Waals surface area contributed by atoms with E-state index in [1.165, 1.54) is 6.07 Å². The van der Waals surface area contributed by atoms with Gasteiger partial charge < -0.3 is 9.88 Å². The number of nitrogens with zero attached hydrogens (tertiary/aromatic N) is 4. The Morgan fingerprint density at radius 3 is 2.71 bits per heavy atom. The van der Waals surface area contributed by atoms with Gasteiger partial charge in [-0.25, -0.2) is 4.39 Å². The molecular weight excluding hydrogens is 449 g/mol. The van der Waals surface area contributed by atoms with E-state index in [0.717, 1.165) is 48.5 Å². The molecule has 0 fully saturated rings. The van der Waals surface area contributed by atoms with E-state index < -0.39 is 11.7 Å². The highest BCUT2D eigenvalue weighted by Crippen LogP contribution is 2.27. The van der Waals surface area contributed by atoms with Crippen molar-refractivity contribution in [2.75, 3.05) is 11.9 Å². The van der Waals surface area contributed by atoms with E-state index >= 15 is 0 Å². The molecule has 2 aliphatic heterocycles. The first-order chi connectivity index (χ1) is 16.9. The fourth-order valence-corrected chi connectivity index (χ4v) is 4.68. The molecule has 3 heterocycles. The highest BCUT2D eigenvalue weighted by atomic mass is 19.1. The highest BCUT2D eigenvalue weighted by Gasteiger charge is 2.35. The molecule has 0 saturated heterocycles. The topological polar surface area (TPSA) is 97.2 Å². The summed E-state index contributed by atoms with van der Waals surface area (Å²) in [6.07, 6.45) is 4.42. The van der Waals surface area contributed by atoms with Gasteiger partial charge in [-0.15, -0.1) is 10.2 Å². The van der Waals surface area contributed by atoms with Gasteiger partial charge in [0.25, 0.3) is 11.8 Å². The fourth-order valence-electron chi connectivity index (χ4n) is 4.68. The number of hydrogen-bond donors (Lipinski definition) is 1. The second-order valence-corrected chi connectivity index (χ2v) is 9.06. The van der Waals surface area contributed by atoms with Crippen molar-refractivity contribution >= 4 is 23.4 Å². The van der Waals surface area contributed by atoms with Crippen LogP contribution in [0.3, 0.4) is 0 Å². The lowest BCUT2D eigenvalue weighted by Crippen LogP contribution is -2.31. The van der Waals surface area contributed by atoms with Crippen LogP contribution in [0, 0.1) is 12.7 Å². The molecule has 0 spiro atoms. The lowest BCUT2D eigenvalue weighted by Gasteiger charge is -2.14. The number of amides is 3. The molecule has 0 atom stereocenters. The number of aryl methyl sites for hydroxylation is 2. The summed E-state index contributed by atoms with van der Waals surface area (Å²) in [6, 6.07) is 9.66. The van der Waals surface area contributed by atoms with Crippen molar-refractivity contribution < 1.29 is 18.8 Å². The number of aromatic nitrogens is 3. The van der Waals surface area contributed by atoms with Crippen LogP contribution < -0.4 is 5.32 Å². The van der Waals surface area contributed by atoms with Gasteiger partial charge in [-0.2, -0.15) is 0 Å². The van der Waals surface area contributed by atoms with Crippen molar-refractivity contribution in [3.63, 3.8) is 0 Å². The summed E-state index contributed by atoms with van der Waals surface area (Å²) in [6.45, 7) is 2.79. The van der Waals surface area contributed by atoms with Gasteiger partial charge >= 0.3 is 0 Å². The zero-order chi connectivity index (χ0) is 24.5. The van der Waals surface area contributed by atoms with Crippen LogP contribution in [0.1, 0.15) is 64.2 Å². The third kappa shape index (κ3) is 4.45. The normalized spacial score (nSPS) is 15.1. The van der Waals surface area contributed by atoms with Crippen molar-refractivity contribution in [1.82, 2.24) is 19.7 Å². The largest absolute Gasteiger partial charge is 0.324 e. The minimum Gasteiger partial charge on any atom is -0.324 e. The van der Waals surface area contributed by atoms with Gasteiger partial charge in [0.2, 0.25) is 5.91 Å². The minimum absolute atomic E-state index is 0.0381. The summed E-state index contributed by atoms with van der Waals surface area (Å²) in [5.41, 5.74) is 2.43. The summed E-state index contributed by atoms with van der Waals surface area (Å²) < 4.78 is 16.5. The van der Waals surface area contributed by atoms with E-state index in [2.05, 4.69) is 20.1 Å². The first-order valence-electron chi connectivity index (χ1n) is 11.9. The molecule has 5 rings (SSSR count). The fraction of sp³-hybridized carbons (Fsp3) is 0.346. The van der Waals surface area contributed by atoms with Crippen LogP contribution >= 0.6 is 0 Å². The number of anilines is 1. The van der Waals surface area contributed by atoms with Crippen LogP contribution in [0.15, 0.2) is 36.4 Å². The smallest absolute Gasteiger partial charge is 0.261 e. The van der Waals surface area contributed by atoms with Crippen molar-refractivity contribution in [3.05, 3.63) is 64.7 Å². The molecule has 9 heteroatoms. The predicted octanol–water partition coefficient (Wildman–Crippen LogP) is 4.13. The Kier molecular flexibility index (Phi) is 6.15. The molecule has 2 aromatic carbocycles. The number of carbonyl (C=O) groups excluding carboxylic acids is 3. The molecule has 0 bridgehead atoms. The van der Waals surface area contributed by atoms with Gasteiger partial charge in [0.05, 0.1) is 16.8 Å². The molecule has 2 aliphatic rings. The van der Waals surface area contributed by atoms with Crippen LogP contribution in [0.4, 0.5) is 10.1 Å². The van der Waals surface area contributed by atoms with E-state index in [4.69, 9.17) is 0 Å². The number of carbonyl (C=O) groups is 3. The van der Waals surface area contributed by atoms with E-state index in [9.17, 15) is 18.8 Å².